The summed E-state index contributed by atoms with van der Waals surface area (Å²) in [7, 11) is -2.67. The summed E-state index contributed by atoms with van der Waals surface area (Å²) in [4.78, 5) is 23.6. The van der Waals surface area contributed by atoms with Crippen LogP contribution in [0.3, 0.4) is 0 Å². The highest BCUT2D eigenvalue weighted by molar-refractivity contribution is 7.89. The molecule has 35 heavy (non-hydrogen) atoms. The maximum absolute atomic E-state index is 14.0. The number of carbonyl (C=O) groups excluding carboxylic acids is 1. The Morgan fingerprint density at radius 1 is 1.23 bits per heavy atom. The zero-order valence-corrected chi connectivity index (χ0v) is 20.3. The molecule has 0 aliphatic carbocycles. The van der Waals surface area contributed by atoms with Crippen molar-refractivity contribution in [1.82, 2.24) is 14.5 Å². The van der Waals surface area contributed by atoms with Crippen LogP contribution in [0.25, 0.3) is 0 Å². The van der Waals surface area contributed by atoms with Gasteiger partial charge >= 0.3 is 5.97 Å². The number of hydrogen-bond donors (Lipinski definition) is 3. The number of nitrogens with zero attached hydrogens (tertiary/aromatic N) is 2. The fraction of sp³-hybridized carbons (Fsp3) is 0.261. The molecular weight excluding hydrogens is 479 g/mol. The van der Waals surface area contributed by atoms with Gasteiger partial charge in [-0.2, -0.15) is 5.10 Å². The third-order valence-electron chi connectivity index (χ3n) is 5.21. The van der Waals surface area contributed by atoms with E-state index in [1.807, 2.05) is 6.92 Å². The number of rotatable bonds is 9. The molecule has 0 saturated carbocycles. The maximum atomic E-state index is 14.0. The number of halogens is 1. The number of ether oxygens (including phenoxy) is 1. The van der Waals surface area contributed by atoms with Crippen LogP contribution in [0.4, 0.5) is 10.1 Å². The first-order valence-electron chi connectivity index (χ1n) is 10.6. The average molecular weight is 505 g/mol. The lowest BCUT2D eigenvalue weighted by Crippen LogP contribution is -2.32. The van der Waals surface area contributed by atoms with E-state index < -0.39 is 33.8 Å². The van der Waals surface area contributed by atoms with Gasteiger partial charge in [0.05, 0.1) is 5.56 Å². The van der Waals surface area contributed by atoms with Crippen LogP contribution in [0.2, 0.25) is 0 Å². The van der Waals surface area contributed by atoms with Crippen molar-refractivity contribution in [3.05, 3.63) is 65.1 Å². The normalized spacial score (nSPS) is 12.3. The number of amides is 1. The van der Waals surface area contributed by atoms with Gasteiger partial charge in [0, 0.05) is 24.3 Å². The molecule has 0 radical (unpaired) electrons. The quantitative estimate of drug-likeness (QED) is 0.404. The second kappa shape index (κ2) is 10.2. The summed E-state index contributed by atoms with van der Waals surface area (Å²) in [6, 6.07) is 8.87. The highest BCUT2D eigenvalue weighted by Crippen LogP contribution is 2.34. The van der Waals surface area contributed by atoms with E-state index >= 15 is 0 Å². The van der Waals surface area contributed by atoms with Gasteiger partial charge in [-0.05, 0) is 50.6 Å². The third-order valence-corrected chi connectivity index (χ3v) is 6.82. The molecule has 1 heterocycles. The standard InChI is InChI=1S/C23H25FN4O6S/c1-5-13(2)27-35(32,33)19-12-15(25-21(29)16-8-6-7-9-17(16)24)10-11-18(19)34-22-14(3)20(23(30)31)26-28(22)4/h6-13,27H,5H2,1-4H3,(H,25,29)(H,30,31). The molecule has 3 N–H and O–H groups in total. The van der Waals surface area contributed by atoms with E-state index in [0.29, 0.717) is 6.42 Å². The van der Waals surface area contributed by atoms with Crippen molar-refractivity contribution in [1.29, 1.82) is 0 Å². The molecule has 0 spiro atoms. The van der Waals surface area contributed by atoms with E-state index in [2.05, 4.69) is 15.1 Å². The molecule has 186 valence electrons. The molecular formula is C23H25FN4O6S. The monoisotopic (exact) mass is 504 g/mol. The van der Waals surface area contributed by atoms with Gasteiger partial charge in [0.25, 0.3) is 5.91 Å². The predicted molar refractivity (Wildman–Crippen MR) is 126 cm³/mol. The Bertz CT molecular complexity index is 1390. The Labute approximate surface area is 201 Å². The Morgan fingerprint density at radius 3 is 2.51 bits per heavy atom. The van der Waals surface area contributed by atoms with Crippen LogP contribution < -0.4 is 14.8 Å². The Hall–Kier alpha value is -3.77. The minimum absolute atomic E-state index is 0.0329. The first-order chi connectivity index (χ1) is 16.4. The van der Waals surface area contributed by atoms with Crippen molar-refractivity contribution in [2.45, 2.75) is 38.1 Å². The van der Waals surface area contributed by atoms with Crippen molar-refractivity contribution in [2.75, 3.05) is 5.32 Å². The molecule has 0 saturated heterocycles. The number of hydrogen-bond acceptors (Lipinski definition) is 6. The van der Waals surface area contributed by atoms with Gasteiger partial charge in [0.1, 0.15) is 16.5 Å². The van der Waals surface area contributed by atoms with E-state index in [9.17, 15) is 27.5 Å². The van der Waals surface area contributed by atoms with E-state index in [1.165, 1.54) is 55.1 Å². The van der Waals surface area contributed by atoms with Crippen molar-refractivity contribution in [3.63, 3.8) is 0 Å². The van der Waals surface area contributed by atoms with Crippen LogP contribution in [0, 0.1) is 12.7 Å². The second-order valence-electron chi connectivity index (χ2n) is 7.84. The Morgan fingerprint density at radius 2 is 1.91 bits per heavy atom. The lowest BCUT2D eigenvalue weighted by atomic mass is 10.2. The summed E-state index contributed by atoms with van der Waals surface area (Å²) < 4.78 is 49.9. The fourth-order valence-corrected chi connectivity index (χ4v) is 4.68. The van der Waals surface area contributed by atoms with Crippen LogP contribution >= 0.6 is 0 Å². The van der Waals surface area contributed by atoms with Gasteiger partial charge < -0.3 is 15.2 Å². The summed E-state index contributed by atoms with van der Waals surface area (Å²) in [6.45, 7) is 4.98. The highest BCUT2D eigenvalue weighted by Gasteiger charge is 2.26. The zero-order chi connectivity index (χ0) is 25.9. The van der Waals surface area contributed by atoms with Crippen LogP contribution in [0.5, 0.6) is 11.6 Å². The lowest BCUT2D eigenvalue weighted by Gasteiger charge is -2.17. The molecule has 1 unspecified atom stereocenters. The van der Waals surface area contributed by atoms with Crippen LogP contribution in [0.15, 0.2) is 47.4 Å². The first-order valence-corrected chi connectivity index (χ1v) is 12.1. The summed E-state index contributed by atoms with van der Waals surface area (Å²) >= 11 is 0. The van der Waals surface area contributed by atoms with Gasteiger partial charge in [0.2, 0.25) is 15.9 Å². The first kappa shape index (κ1) is 25.8. The number of aryl methyl sites for hydroxylation is 1. The van der Waals surface area contributed by atoms with Gasteiger partial charge in [0.15, 0.2) is 5.69 Å². The molecule has 0 fully saturated rings. The van der Waals surface area contributed by atoms with Crippen LogP contribution in [-0.2, 0) is 17.1 Å². The fourth-order valence-electron chi connectivity index (χ4n) is 3.20. The van der Waals surface area contributed by atoms with E-state index in [-0.39, 0.29) is 39.0 Å². The number of nitrogens with one attached hydrogen (secondary N) is 2. The van der Waals surface area contributed by atoms with Crippen molar-refractivity contribution >= 4 is 27.6 Å². The molecule has 10 nitrogen and oxygen atoms in total. The zero-order valence-electron chi connectivity index (χ0n) is 19.5. The number of carbonyl (C=O) groups is 2. The average Bonchev–Trinajstić information content (AvgIpc) is 3.08. The van der Waals surface area contributed by atoms with E-state index in [0.717, 1.165) is 6.07 Å². The van der Waals surface area contributed by atoms with Crippen LogP contribution in [-0.4, -0.2) is 41.2 Å². The topological polar surface area (TPSA) is 140 Å². The number of benzene rings is 2. The molecule has 0 aliphatic heterocycles. The van der Waals surface area contributed by atoms with Gasteiger partial charge in [-0.1, -0.05) is 19.1 Å². The summed E-state index contributed by atoms with van der Waals surface area (Å²) in [5, 5.41) is 15.7. The largest absolute Gasteiger partial charge is 0.476 e. The Kier molecular flexibility index (Phi) is 7.56. The minimum Gasteiger partial charge on any atom is -0.476 e. The molecule has 3 aromatic rings. The van der Waals surface area contributed by atoms with E-state index in [4.69, 9.17) is 4.74 Å². The molecule has 12 heteroatoms. The van der Waals surface area contributed by atoms with Gasteiger partial charge in [-0.25, -0.2) is 27.0 Å². The SMILES string of the molecule is CCC(C)NS(=O)(=O)c1cc(NC(=O)c2ccccc2F)ccc1Oc1c(C)c(C(=O)O)nn1C. The van der Waals surface area contributed by atoms with Crippen molar-refractivity contribution in [3.8, 4) is 11.6 Å². The van der Waals surface area contributed by atoms with E-state index in [1.54, 1.807) is 6.92 Å². The van der Waals surface area contributed by atoms with Gasteiger partial charge in [-0.3, -0.25) is 4.79 Å². The molecule has 1 atom stereocenters. The summed E-state index contributed by atoms with van der Waals surface area (Å²) in [6.07, 6.45) is 0.516. The Balaban J connectivity index is 2.05. The third kappa shape index (κ3) is 5.66. The lowest BCUT2D eigenvalue weighted by molar-refractivity contribution is 0.0688. The summed E-state index contributed by atoms with van der Waals surface area (Å²) in [5.74, 6) is -2.83. The summed E-state index contributed by atoms with van der Waals surface area (Å²) in [5.41, 5.74) is -0.154. The molecule has 3 rings (SSSR count). The molecule has 1 aromatic heterocycles. The molecule has 1 amide bonds. The number of anilines is 1. The minimum atomic E-state index is -4.14. The van der Waals surface area contributed by atoms with Gasteiger partial charge in [-0.15, -0.1) is 0 Å². The van der Waals surface area contributed by atoms with Crippen molar-refractivity contribution < 1.29 is 32.2 Å². The number of carboxylic acid groups (broad SMARTS) is 1. The number of aromatic carboxylic acids is 1. The maximum Gasteiger partial charge on any atom is 0.356 e. The predicted octanol–water partition coefficient (Wildman–Crippen LogP) is 3.69. The molecule has 2 aromatic carbocycles. The second-order valence-corrected chi connectivity index (χ2v) is 9.52. The smallest absolute Gasteiger partial charge is 0.356 e. The number of carboxylic acids is 1. The van der Waals surface area contributed by atoms with Crippen molar-refractivity contribution in [2.24, 2.45) is 7.05 Å². The molecule has 0 aliphatic rings. The highest BCUT2D eigenvalue weighted by atomic mass is 32.2. The number of sulfonamides is 1. The number of aromatic nitrogens is 2. The molecule has 0 bridgehead atoms. The van der Waals surface area contributed by atoms with Crippen LogP contribution in [0.1, 0.15) is 46.7 Å².